The van der Waals surface area contributed by atoms with Gasteiger partial charge in [-0.15, -0.1) is 0 Å². The Kier molecular flexibility index (Phi) is 6.97. The molecule has 0 saturated heterocycles. The first-order valence-electron chi connectivity index (χ1n) is 6.39. The summed E-state index contributed by atoms with van der Waals surface area (Å²) in [5.74, 6) is -1.94. The quantitative estimate of drug-likeness (QED) is 0.314. The maximum Gasteiger partial charge on any atom is 0.330 e. The van der Waals surface area contributed by atoms with Crippen molar-refractivity contribution in [1.29, 1.82) is 0 Å². The summed E-state index contributed by atoms with van der Waals surface area (Å²) >= 11 is 0. The number of esters is 1. The van der Waals surface area contributed by atoms with E-state index in [1.165, 1.54) is 7.11 Å². The van der Waals surface area contributed by atoms with Crippen LogP contribution in [0.3, 0.4) is 0 Å². The molecule has 0 fully saturated rings. The van der Waals surface area contributed by atoms with Crippen LogP contribution in [0.2, 0.25) is 0 Å². The van der Waals surface area contributed by atoms with Crippen molar-refractivity contribution in [2.45, 2.75) is 19.1 Å². The number of hydrogen-bond donors (Lipinski definition) is 1. The van der Waals surface area contributed by atoms with E-state index in [4.69, 9.17) is 19.3 Å². The zero-order valence-corrected chi connectivity index (χ0v) is 11.5. The predicted molar refractivity (Wildman–Crippen MR) is 70.9 cm³/mol. The normalized spacial score (nSPS) is 23.1. The van der Waals surface area contributed by atoms with Crippen LogP contribution in [0.4, 0.5) is 0 Å². The van der Waals surface area contributed by atoms with Gasteiger partial charge in [-0.25, -0.2) is 4.79 Å². The maximum absolute atomic E-state index is 11.1. The van der Waals surface area contributed by atoms with E-state index in [0.29, 0.717) is 12.8 Å². The molecule has 6 heteroatoms. The summed E-state index contributed by atoms with van der Waals surface area (Å²) in [5, 5.41) is 9.14. The zero-order valence-electron chi connectivity index (χ0n) is 11.5. The molecule has 1 rings (SSSR count). The minimum Gasteiger partial charge on any atom is -0.481 e. The summed E-state index contributed by atoms with van der Waals surface area (Å²) in [7, 11) is 1.43. The minimum absolute atomic E-state index is 0.0539. The second kappa shape index (κ2) is 8.50. The summed E-state index contributed by atoms with van der Waals surface area (Å²) in [4.78, 5) is 22.1. The lowest BCUT2D eigenvalue weighted by Crippen LogP contribution is -2.32. The van der Waals surface area contributed by atoms with E-state index < -0.39 is 24.1 Å². The van der Waals surface area contributed by atoms with E-state index in [1.807, 2.05) is 12.2 Å². The molecular weight excluding hydrogens is 264 g/mol. The van der Waals surface area contributed by atoms with Gasteiger partial charge in [0.25, 0.3) is 0 Å². The number of hydrogen-bond acceptors (Lipinski definition) is 5. The lowest BCUT2D eigenvalue weighted by molar-refractivity contribution is -0.177. The Morgan fingerprint density at radius 3 is 2.75 bits per heavy atom. The number of rotatable bonds is 8. The molecule has 0 amide bonds. The Balaban J connectivity index is 2.42. The van der Waals surface area contributed by atoms with Gasteiger partial charge in [0.15, 0.2) is 6.29 Å². The van der Waals surface area contributed by atoms with Gasteiger partial charge in [-0.1, -0.05) is 18.7 Å². The number of aliphatic carboxylic acids is 1. The van der Waals surface area contributed by atoms with Crippen LogP contribution < -0.4 is 0 Å². The summed E-state index contributed by atoms with van der Waals surface area (Å²) in [6.07, 6.45) is 5.33. The summed E-state index contributed by atoms with van der Waals surface area (Å²) < 4.78 is 15.3. The molecule has 0 aromatic heterocycles. The molecule has 0 aromatic rings. The highest BCUT2D eigenvalue weighted by Crippen LogP contribution is 2.26. The van der Waals surface area contributed by atoms with Crippen LogP contribution in [-0.4, -0.2) is 43.7 Å². The van der Waals surface area contributed by atoms with Crippen LogP contribution >= 0.6 is 0 Å². The number of allylic oxidation sites excluding steroid dienone is 2. The van der Waals surface area contributed by atoms with Gasteiger partial charge in [0.1, 0.15) is 6.61 Å². The van der Waals surface area contributed by atoms with Crippen LogP contribution in [0.15, 0.2) is 24.8 Å². The first-order valence-corrected chi connectivity index (χ1v) is 6.39. The summed E-state index contributed by atoms with van der Waals surface area (Å²) in [6.45, 7) is 3.47. The van der Waals surface area contributed by atoms with Crippen molar-refractivity contribution in [1.82, 2.24) is 0 Å². The van der Waals surface area contributed by atoms with Crippen LogP contribution in [0, 0.1) is 11.8 Å². The molecule has 1 aliphatic carbocycles. The third-order valence-corrected chi connectivity index (χ3v) is 3.17. The van der Waals surface area contributed by atoms with Crippen LogP contribution in [0.5, 0.6) is 0 Å². The van der Waals surface area contributed by atoms with Gasteiger partial charge in [0, 0.05) is 13.2 Å². The number of carbonyl (C=O) groups excluding carboxylic acids is 1. The van der Waals surface area contributed by atoms with Gasteiger partial charge < -0.3 is 19.3 Å². The smallest absolute Gasteiger partial charge is 0.330 e. The van der Waals surface area contributed by atoms with E-state index in [2.05, 4.69) is 6.58 Å². The predicted octanol–water partition coefficient (Wildman–Crippen LogP) is 1.37. The van der Waals surface area contributed by atoms with E-state index in [1.54, 1.807) is 0 Å². The van der Waals surface area contributed by atoms with Crippen molar-refractivity contribution >= 4 is 11.9 Å². The molecule has 0 heterocycles. The molecule has 0 aromatic carbocycles. The van der Waals surface area contributed by atoms with Crippen molar-refractivity contribution < 1.29 is 28.9 Å². The zero-order chi connectivity index (χ0) is 15.0. The summed E-state index contributed by atoms with van der Waals surface area (Å²) in [5.41, 5.74) is 0. The third kappa shape index (κ3) is 5.14. The highest BCUT2D eigenvalue weighted by atomic mass is 16.7. The number of carboxylic acids is 1. The van der Waals surface area contributed by atoms with Crippen molar-refractivity contribution in [2.24, 2.45) is 11.8 Å². The standard InChI is InChI=1S/C14H20O6/c1-3-12(15)19-9-13(18-2)20-8-10-6-4-5-7-11(10)14(16)17/h3-5,10-11,13H,1,6-9H2,2H3,(H,16,17). The Bertz CT molecular complexity index is 376. The number of ether oxygens (including phenoxy) is 3. The van der Waals surface area contributed by atoms with Crippen molar-refractivity contribution in [3.63, 3.8) is 0 Å². The first kappa shape index (κ1) is 16.4. The Hall–Kier alpha value is -1.66. The van der Waals surface area contributed by atoms with Crippen molar-refractivity contribution in [3.05, 3.63) is 24.8 Å². The Morgan fingerprint density at radius 2 is 2.15 bits per heavy atom. The van der Waals surface area contributed by atoms with E-state index in [-0.39, 0.29) is 19.1 Å². The molecule has 0 aliphatic heterocycles. The highest BCUT2D eigenvalue weighted by Gasteiger charge is 2.29. The van der Waals surface area contributed by atoms with Gasteiger partial charge in [-0.2, -0.15) is 0 Å². The maximum atomic E-state index is 11.1. The second-order valence-corrected chi connectivity index (χ2v) is 4.48. The fourth-order valence-electron chi connectivity index (χ4n) is 1.98. The monoisotopic (exact) mass is 284 g/mol. The lowest BCUT2D eigenvalue weighted by atomic mass is 9.84. The van der Waals surface area contributed by atoms with E-state index in [0.717, 1.165) is 6.08 Å². The molecule has 6 nitrogen and oxygen atoms in total. The SMILES string of the molecule is C=CC(=O)OCC(OC)OCC1CC=CCC1C(=O)O. The highest BCUT2D eigenvalue weighted by molar-refractivity contribution is 5.81. The molecule has 0 bridgehead atoms. The van der Waals surface area contributed by atoms with Crippen LogP contribution in [0.1, 0.15) is 12.8 Å². The average Bonchev–Trinajstić information content (AvgIpc) is 2.47. The number of carboxylic acid groups (broad SMARTS) is 1. The number of carbonyl (C=O) groups is 2. The first-order chi connectivity index (χ1) is 9.58. The Morgan fingerprint density at radius 1 is 1.45 bits per heavy atom. The lowest BCUT2D eigenvalue weighted by Gasteiger charge is -2.26. The van der Waals surface area contributed by atoms with Gasteiger partial charge in [-0.3, -0.25) is 4.79 Å². The van der Waals surface area contributed by atoms with Crippen molar-refractivity contribution in [3.8, 4) is 0 Å². The van der Waals surface area contributed by atoms with Gasteiger partial charge >= 0.3 is 11.9 Å². The topological polar surface area (TPSA) is 82.1 Å². The van der Waals surface area contributed by atoms with Crippen molar-refractivity contribution in [2.75, 3.05) is 20.3 Å². The average molecular weight is 284 g/mol. The fraction of sp³-hybridized carbons (Fsp3) is 0.571. The van der Waals surface area contributed by atoms with Crippen LogP contribution in [-0.2, 0) is 23.8 Å². The molecule has 112 valence electrons. The molecule has 20 heavy (non-hydrogen) atoms. The molecule has 0 radical (unpaired) electrons. The molecule has 1 N–H and O–H groups in total. The molecule has 0 spiro atoms. The molecule has 3 unspecified atom stereocenters. The fourth-order valence-corrected chi connectivity index (χ4v) is 1.98. The Labute approximate surface area is 118 Å². The van der Waals surface area contributed by atoms with Crippen LogP contribution in [0.25, 0.3) is 0 Å². The summed E-state index contributed by atoms with van der Waals surface area (Å²) in [6, 6.07) is 0. The van der Waals surface area contributed by atoms with Gasteiger partial charge in [0.05, 0.1) is 12.5 Å². The minimum atomic E-state index is -0.824. The van der Waals surface area contributed by atoms with E-state index in [9.17, 15) is 9.59 Å². The van der Waals surface area contributed by atoms with Gasteiger partial charge in [0.2, 0.25) is 0 Å². The molecule has 1 aliphatic rings. The molecule has 0 saturated carbocycles. The van der Waals surface area contributed by atoms with Gasteiger partial charge in [-0.05, 0) is 18.8 Å². The largest absolute Gasteiger partial charge is 0.481 e. The molecular formula is C14H20O6. The molecule has 3 atom stereocenters. The number of methoxy groups -OCH3 is 1. The van der Waals surface area contributed by atoms with E-state index >= 15 is 0 Å². The second-order valence-electron chi connectivity index (χ2n) is 4.48. The third-order valence-electron chi connectivity index (χ3n) is 3.17.